The number of rotatable bonds is 4. The van der Waals surface area contributed by atoms with Gasteiger partial charge in [0.2, 0.25) is 5.91 Å². The fraction of sp³-hybridized carbons (Fsp3) is 0.462. The fourth-order valence-electron chi connectivity index (χ4n) is 1.45. The summed E-state index contributed by atoms with van der Waals surface area (Å²) in [6.07, 6.45) is 1.46. The van der Waals surface area contributed by atoms with Crippen LogP contribution in [0, 0.1) is 0 Å². The van der Waals surface area contributed by atoms with Crippen LogP contribution in [0.4, 0.5) is 0 Å². The Labute approximate surface area is 112 Å². The molecule has 0 fully saturated rings. The Balaban J connectivity index is 2.51. The molecule has 104 valence electrons. The van der Waals surface area contributed by atoms with E-state index in [2.05, 4.69) is 15.6 Å². The van der Waals surface area contributed by atoms with Crippen molar-refractivity contribution in [1.82, 2.24) is 15.6 Å². The zero-order valence-electron chi connectivity index (χ0n) is 11.6. The van der Waals surface area contributed by atoms with E-state index >= 15 is 0 Å². The standard InChI is InChI=1S/C13H19N3O3/c1-8(17)9-5-10(14-6-9)12(19)15-7-11(18)16-13(2,3)4/h5-6,14H,7H2,1-4H3,(H,15,19)(H,16,18). The zero-order valence-corrected chi connectivity index (χ0v) is 11.6. The number of hydrogen-bond acceptors (Lipinski definition) is 3. The highest BCUT2D eigenvalue weighted by Crippen LogP contribution is 2.04. The molecule has 0 saturated heterocycles. The molecule has 2 amide bonds. The summed E-state index contributed by atoms with van der Waals surface area (Å²) < 4.78 is 0. The Morgan fingerprint density at radius 3 is 2.37 bits per heavy atom. The molecule has 0 aliphatic heterocycles. The minimum absolute atomic E-state index is 0.107. The quantitative estimate of drug-likeness (QED) is 0.705. The van der Waals surface area contributed by atoms with Gasteiger partial charge in [0.25, 0.3) is 5.91 Å². The van der Waals surface area contributed by atoms with Gasteiger partial charge in [-0.15, -0.1) is 0 Å². The second kappa shape index (κ2) is 5.69. The third-order valence-corrected chi connectivity index (χ3v) is 2.26. The van der Waals surface area contributed by atoms with E-state index in [1.807, 2.05) is 20.8 Å². The van der Waals surface area contributed by atoms with E-state index in [0.29, 0.717) is 5.56 Å². The molecule has 0 atom stereocenters. The van der Waals surface area contributed by atoms with Crippen molar-refractivity contribution in [2.24, 2.45) is 0 Å². The van der Waals surface area contributed by atoms with Gasteiger partial charge in [0.15, 0.2) is 5.78 Å². The molecule has 6 nitrogen and oxygen atoms in total. The molecule has 1 rings (SSSR count). The molecule has 0 aliphatic carbocycles. The molecule has 0 radical (unpaired) electrons. The Kier molecular flexibility index (Phi) is 4.47. The van der Waals surface area contributed by atoms with Gasteiger partial charge < -0.3 is 15.6 Å². The van der Waals surface area contributed by atoms with Crippen molar-refractivity contribution in [1.29, 1.82) is 0 Å². The van der Waals surface area contributed by atoms with Gasteiger partial charge in [0, 0.05) is 17.3 Å². The van der Waals surface area contributed by atoms with Gasteiger partial charge >= 0.3 is 0 Å². The lowest BCUT2D eigenvalue weighted by molar-refractivity contribution is -0.121. The lowest BCUT2D eigenvalue weighted by atomic mass is 10.1. The molecule has 6 heteroatoms. The molecule has 0 unspecified atom stereocenters. The highest BCUT2D eigenvalue weighted by Gasteiger charge is 2.15. The highest BCUT2D eigenvalue weighted by molar-refractivity contribution is 5.99. The number of H-pyrrole nitrogens is 1. The van der Waals surface area contributed by atoms with Gasteiger partial charge in [-0.05, 0) is 33.8 Å². The van der Waals surface area contributed by atoms with Gasteiger partial charge in [-0.1, -0.05) is 0 Å². The topological polar surface area (TPSA) is 91.1 Å². The number of ketones is 1. The first-order chi connectivity index (χ1) is 8.69. The van der Waals surface area contributed by atoms with Crippen molar-refractivity contribution < 1.29 is 14.4 Å². The fourth-order valence-corrected chi connectivity index (χ4v) is 1.45. The van der Waals surface area contributed by atoms with Crippen LogP contribution in [0.25, 0.3) is 0 Å². The summed E-state index contributed by atoms with van der Waals surface area (Å²) in [5.41, 5.74) is 0.355. The summed E-state index contributed by atoms with van der Waals surface area (Å²) in [6.45, 7) is 6.89. The van der Waals surface area contributed by atoms with E-state index in [1.54, 1.807) is 0 Å². The van der Waals surface area contributed by atoms with Crippen LogP contribution in [0.5, 0.6) is 0 Å². The van der Waals surface area contributed by atoms with Gasteiger partial charge in [-0.3, -0.25) is 14.4 Å². The van der Waals surface area contributed by atoms with Crippen LogP contribution in [0.3, 0.4) is 0 Å². The van der Waals surface area contributed by atoms with Crippen LogP contribution in [-0.2, 0) is 4.79 Å². The van der Waals surface area contributed by atoms with Crippen molar-refractivity contribution in [3.05, 3.63) is 23.5 Å². The molecule has 0 aromatic carbocycles. The smallest absolute Gasteiger partial charge is 0.268 e. The molecule has 0 saturated carbocycles. The van der Waals surface area contributed by atoms with E-state index in [0.717, 1.165) is 0 Å². The van der Waals surface area contributed by atoms with E-state index in [4.69, 9.17) is 0 Å². The maximum absolute atomic E-state index is 11.7. The van der Waals surface area contributed by atoms with Crippen molar-refractivity contribution in [3.8, 4) is 0 Å². The maximum atomic E-state index is 11.7. The molecule has 1 heterocycles. The third kappa shape index (κ3) is 4.95. The average molecular weight is 265 g/mol. The zero-order chi connectivity index (χ0) is 14.6. The normalized spacial score (nSPS) is 10.9. The van der Waals surface area contributed by atoms with Crippen LogP contribution in [0.15, 0.2) is 12.3 Å². The molecule has 0 spiro atoms. The third-order valence-electron chi connectivity index (χ3n) is 2.26. The minimum atomic E-state index is -0.420. The van der Waals surface area contributed by atoms with Crippen LogP contribution < -0.4 is 10.6 Å². The number of Topliss-reactive ketones (excluding diaryl/α,β-unsaturated/α-hetero) is 1. The van der Waals surface area contributed by atoms with Crippen molar-refractivity contribution in [2.45, 2.75) is 33.2 Å². The maximum Gasteiger partial charge on any atom is 0.268 e. The van der Waals surface area contributed by atoms with Crippen molar-refractivity contribution in [2.75, 3.05) is 6.54 Å². The Morgan fingerprint density at radius 1 is 1.26 bits per heavy atom. The molecule has 1 aromatic rings. The summed E-state index contributed by atoms with van der Waals surface area (Å²) in [6, 6.07) is 1.46. The number of carbonyl (C=O) groups excluding carboxylic acids is 3. The van der Waals surface area contributed by atoms with Crippen molar-refractivity contribution in [3.63, 3.8) is 0 Å². The summed E-state index contributed by atoms with van der Waals surface area (Å²) in [5, 5.41) is 5.21. The predicted octanol–water partition coefficient (Wildman–Crippen LogP) is 0.862. The van der Waals surface area contributed by atoms with E-state index in [1.165, 1.54) is 19.2 Å². The van der Waals surface area contributed by atoms with Crippen molar-refractivity contribution >= 4 is 17.6 Å². The van der Waals surface area contributed by atoms with Crippen LogP contribution >= 0.6 is 0 Å². The van der Waals surface area contributed by atoms with Gasteiger partial charge in [0.1, 0.15) is 5.69 Å². The Bertz CT molecular complexity index is 497. The van der Waals surface area contributed by atoms with Crippen LogP contribution in [-0.4, -0.2) is 34.7 Å². The number of amides is 2. The molecule has 19 heavy (non-hydrogen) atoms. The second-order valence-corrected chi connectivity index (χ2v) is 5.34. The highest BCUT2D eigenvalue weighted by atomic mass is 16.2. The van der Waals surface area contributed by atoms with Gasteiger partial charge in [0.05, 0.1) is 6.54 Å². The molecule has 0 aliphatic rings. The average Bonchev–Trinajstić information content (AvgIpc) is 2.72. The number of aromatic amines is 1. The molecular weight excluding hydrogens is 246 g/mol. The summed E-state index contributed by atoms with van der Waals surface area (Å²) >= 11 is 0. The minimum Gasteiger partial charge on any atom is -0.356 e. The Morgan fingerprint density at radius 2 is 1.89 bits per heavy atom. The monoisotopic (exact) mass is 265 g/mol. The summed E-state index contributed by atoms with van der Waals surface area (Å²) in [5.74, 6) is -0.809. The van der Waals surface area contributed by atoms with E-state index < -0.39 is 5.91 Å². The lowest BCUT2D eigenvalue weighted by Gasteiger charge is -2.20. The van der Waals surface area contributed by atoms with E-state index in [9.17, 15) is 14.4 Å². The Hall–Kier alpha value is -2.11. The van der Waals surface area contributed by atoms with Crippen LogP contribution in [0.2, 0.25) is 0 Å². The number of carbonyl (C=O) groups is 3. The summed E-state index contributed by atoms with van der Waals surface area (Å²) in [4.78, 5) is 37.0. The number of hydrogen-bond donors (Lipinski definition) is 3. The van der Waals surface area contributed by atoms with E-state index in [-0.39, 0.29) is 29.5 Å². The molecule has 1 aromatic heterocycles. The molecular formula is C13H19N3O3. The lowest BCUT2D eigenvalue weighted by Crippen LogP contribution is -2.45. The second-order valence-electron chi connectivity index (χ2n) is 5.34. The predicted molar refractivity (Wildman–Crippen MR) is 71.0 cm³/mol. The largest absolute Gasteiger partial charge is 0.356 e. The first-order valence-corrected chi connectivity index (χ1v) is 5.97. The number of nitrogens with one attached hydrogen (secondary N) is 3. The first kappa shape index (κ1) is 14.9. The molecule has 3 N–H and O–H groups in total. The van der Waals surface area contributed by atoms with Crippen LogP contribution in [0.1, 0.15) is 48.5 Å². The van der Waals surface area contributed by atoms with Gasteiger partial charge in [-0.25, -0.2) is 0 Å². The van der Waals surface area contributed by atoms with Gasteiger partial charge in [-0.2, -0.15) is 0 Å². The first-order valence-electron chi connectivity index (χ1n) is 5.97. The number of aromatic nitrogens is 1. The SMILES string of the molecule is CC(=O)c1c[nH]c(C(=O)NCC(=O)NC(C)(C)C)c1. The molecule has 0 bridgehead atoms. The summed E-state index contributed by atoms with van der Waals surface area (Å²) in [7, 11) is 0.